The van der Waals surface area contributed by atoms with Crippen molar-refractivity contribution in [1.82, 2.24) is 0 Å². The van der Waals surface area contributed by atoms with Crippen molar-refractivity contribution in [2.75, 3.05) is 6.61 Å². The van der Waals surface area contributed by atoms with Crippen molar-refractivity contribution in [3.8, 4) is 0 Å². The Morgan fingerprint density at radius 3 is 2.50 bits per heavy atom. The van der Waals surface area contributed by atoms with E-state index in [-0.39, 0.29) is 12.4 Å². The molecule has 0 bridgehead atoms. The third kappa shape index (κ3) is 1.03. The van der Waals surface area contributed by atoms with Gasteiger partial charge in [-0.3, -0.25) is 9.59 Å². The Bertz CT molecular complexity index is 226. The van der Waals surface area contributed by atoms with Crippen LogP contribution in [0, 0.1) is 5.92 Å². The van der Waals surface area contributed by atoms with Gasteiger partial charge in [-0.25, -0.2) is 0 Å². The SMILES string of the molecule is CCC1(C(N)=O)OCC(=O)[C]1C. The highest BCUT2D eigenvalue weighted by Crippen LogP contribution is 2.33. The molecule has 0 spiro atoms. The zero-order valence-electron chi connectivity index (χ0n) is 7.22. The summed E-state index contributed by atoms with van der Waals surface area (Å²) in [6, 6.07) is 0. The van der Waals surface area contributed by atoms with E-state index in [1.807, 2.05) is 0 Å². The van der Waals surface area contributed by atoms with Gasteiger partial charge in [-0.15, -0.1) is 0 Å². The van der Waals surface area contributed by atoms with E-state index in [1.54, 1.807) is 13.8 Å². The highest BCUT2D eigenvalue weighted by atomic mass is 16.5. The lowest BCUT2D eigenvalue weighted by Gasteiger charge is -2.25. The maximum atomic E-state index is 11.1. The molecule has 0 aromatic carbocycles. The molecule has 67 valence electrons. The Balaban J connectivity index is 2.95. The Morgan fingerprint density at radius 1 is 1.75 bits per heavy atom. The van der Waals surface area contributed by atoms with Crippen LogP contribution in [-0.2, 0) is 14.3 Å². The Labute approximate surface area is 71.1 Å². The smallest absolute Gasteiger partial charge is 0.250 e. The van der Waals surface area contributed by atoms with Gasteiger partial charge in [0.2, 0.25) is 0 Å². The van der Waals surface area contributed by atoms with E-state index in [2.05, 4.69) is 0 Å². The number of amides is 1. The van der Waals surface area contributed by atoms with Crippen LogP contribution in [0.2, 0.25) is 0 Å². The summed E-state index contributed by atoms with van der Waals surface area (Å²) < 4.78 is 5.11. The van der Waals surface area contributed by atoms with E-state index >= 15 is 0 Å². The average Bonchev–Trinajstić information content (AvgIpc) is 2.31. The molecule has 1 radical (unpaired) electrons. The highest BCUT2D eigenvalue weighted by molar-refractivity contribution is 6.05. The van der Waals surface area contributed by atoms with Crippen LogP contribution < -0.4 is 5.73 Å². The number of primary amides is 1. The first-order valence-corrected chi connectivity index (χ1v) is 3.85. The van der Waals surface area contributed by atoms with Gasteiger partial charge < -0.3 is 10.5 Å². The molecule has 12 heavy (non-hydrogen) atoms. The van der Waals surface area contributed by atoms with E-state index in [0.717, 1.165) is 0 Å². The molecule has 1 amide bonds. The number of ketones is 1. The number of carbonyl (C=O) groups is 2. The van der Waals surface area contributed by atoms with Crippen LogP contribution in [0.15, 0.2) is 0 Å². The zero-order valence-corrected chi connectivity index (χ0v) is 7.22. The number of Topliss-reactive ketones (excluding diaryl/α,β-unsaturated/α-hetero) is 1. The molecule has 1 aliphatic heterocycles. The van der Waals surface area contributed by atoms with Crippen LogP contribution in [0.1, 0.15) is 20.3 Å². The normalized spacial score (nSPS) is 31.0. The fourth-order valence-corrected chi connectivity index (χ4v) is 1.43. The summed E-state index contributed by atoms with van der Waals surface area (Å²) >= 11 is 0. The second-order valence-electron chi connectivity index (χ2n) is 2.88. The molecule has 1 rings (SSSR count). The summed E-state index contributed by atoms with van der Waals surface area (Å²) in [5.74, 6) is -0.276. The minimum Gasteiger partial charge on any atom is -0.367 e. The summed E-state index contributed by atoms with van der Waals surface area (Å²) in [5, 5.41) is 0. The third-order valence-corrected chi connectivity index (χ3v) is 2.37. The lowest BCUT2D eigenvalue weighted by molar-refractivity contribution is -0.136. The third-order valence-electron chi connectivity index (χ3n) is 2.37. The van der Waals surface area contributed by atoms with Gasteiger partial charge in [0.1, 0.15) is 6.61 Å². The van der Waals surface area contributed by atoms with Gasteiger partial charge in [0.25, 0.3) is 5.91 Å². The Kier molecular flexibility index (Phi) is 2.19. The van der Waals surface area contributed by atoms with Crippen LogP contribution in [-0.4, -0.2) is 23.9 Å². The van der Waals surface area contributed by atoms with E-state index in [4.69, 9.17) is 10.5 Å². The molecule has 0 aliphatic carbocycles. The van der Waals surface area contributed by atoms with E-state index in [0.29, 0.717) is 12.3 Å². The number of nitrogens with two attached hydrogens (primary N) is 1. The lowest BCUT2D eigenvalue weighted by Crippen LogP contribution is -2.46. The molecular weight excluding hydrogens is 158 g/mol. The zero-order chi connectivity index (χ0) is 9.35. The summed E-state index contributed by atoms with van der Waals surface area (Å²) in [6.45, 7) is 3.35. The predicted octanol–water partition coefficient (Wildman–Crippen LogP) is -0.186. The minimum absolute atomic E-state index is 0.0252. The maximum absolute atomic E-state index is 11.1. The van der Waals surface area contributed by atoms with Gasteiger partial charge >= 0.3 is 0 Å². The van der Waals surface area contributed by atoms with Gasteiger partial charge in [0.15, 0.2) is 11.4 Å². The molecule has 1 unspecified atom stereocenters. The number of ether oxygens (including phenoxy) is 1. The van der Waals surface area contributed by atoms with Crippen LogP contribution >= 0.6 is 0 Å². The number of rotatable bonds is 2. The quantitative estimate of drug-likeness (QED) is 0.624. The maximum Gasteiger partial charge on any atom is 0.250 e. The van der Waals surface area contributed by atoms with Crippen LogP contribution in [0.4, 0.5) is 0 Å². The van der Waals surface area contributed by atoms with Crippen molar-refractivity contribution in [3.63, 3.8) is 0 Å². The molecule has 0 aromatic rings. The van der Waals surface area contributed by atoms with Crippen LogP contribution in [0.3, 0.4) is 0 Å². The predicted molar refractivity (Wildman–Crippen MR) is 42.1 cm³/mol. The molecule has 0 saturated carbocycles. The molecule has 1 heterocycles. The van der Waals surface area contributed by atoms with Gasteiger partial charge in [-0.05, 0) is 13.3 Å². The Morgan fingerprint density at radius 2 is 2.33 bits per heavy atom. The van der Waals surface area contributed by atoms with E-state index in [9.17, 15) is 9.59 Å². The van der Waals surface area contributed by atoms with Crippen molar-refractivity contribution >= 4 is 11.7 Å². The van der Waals surface area contributed by atoms with Gasteiger partial charge in [-0.1, -0.05) is 6.92 Å². The van der Waals surface area contributed by atoms with Gasteiger partial charge in [0, 0.05) is 0 Å². The molecule has 0 aromatic heterocycles. The summed E-state index contributed by atoms with van der Waals surface area (Å²) in [4.78, 5) is 22.1. The summed E-state index contributed by atoms with van der Waals surface area (Å²) in [6.07, 6.45) is 0.417. The van der Waals surface area contributed by atoms with E-state index in [1.165, 1.54) is 0 Å². The topological polar surface area (TPSA) is 69.4 Å². The molecule has 4 heteroatoms. The molecule has 1 saturated heterocycles. The summed E-state index contributed by atoms with van der Waals surface area (Å²) in [5.41, 5.74) is 4.03. The number of hydrogen-bond acceptors (Lipinski definition) is 3. The fraction of sp³-hybridized carbons (Fsp3) is 0.625. The fourth-order valence-electron chi connectivity index (χ4n) is 1.43. The molecule has 4 nitrogen and oxygen atoms in total. The van der Waals surface area contributed by atoms with Crippen molar-refractivity contribution < 1.29 is 14.3 Å². The van der Waals surface area contributed by atoms with Crippen molar-refractivity contribution in [3.05, 3.63) is 5.92 Å². The largest absolute Gasteiger partial charge is 0.367 e. The second kappa shape index (κ2) is 2.86. The average molecular weight is 170 g/mol. The molecule has 1 atom stereocenters. The van der Waals surface area contributed by atoms with Crippen LogP contribution in [0.5, 0.6) is 0 Å². The van der Waals surface area contributed by atoms with Gasteiger partial charge in [0.05, 0.1) is 5.92 Å². The molecule has 2 N–H and O–H groups in total. The number of carbonyl (C=O) groups excluding carboxylic acids is 2. The first-order chi connectivity index (χ1) is 5.54. The van der Waals surface area contributed by atoms with Crippen LogP contribution in [0.25, 0.3) is 0 Å². The Hall–Kier alpha value is -0.900. The monoisotopic (exact) mass is 170 g/mol. The van der Waals surface area contributed by atoms with Gasteiger partial charge in [-0.2, -0.15) is 0 Å². The standard InChI is InChI=1S/C8H12NO3/c1-3-8(7(9)11)5(2)6(10)4-12-8/h3-4H2,1-2H3,(H2,9,11). The summed E-state index contributed by atoms with van der Waals surface area (Å²) in [7, 11) is 0. The molecule has 1 aliphatic rings. The lowest BCUT2D eigenvalue weighted by atomic mass is 9.85. The minimum atomic E-state index is -1.13. The number of hydrogen-bond donors (Lipinski definition) is 1. The van der Waals surface area contributed by atoms with Crippen molar-refractivity contribution in [2.24, 2.45) is 5.73 Å². The highest BCUT2D eigenvalue weighted by Gasteiger charge is 2.50. The van der Waals surface area contributed by atoms with Crippen molar-refractivity contribution in [2.45, 2.75) is 25.9 Å². The first kappa shape index (κ1) is 9.19. The van der Waals surface area contributed by atoms with E-state index < -0.39 is 11.5 Å². The molecular formula is C8H12NO3. The molecule has 1 fully saturated rings. The first-order valence-electron chi connectivity index (χ1n) is 3.85. The second-order valence-corrected chi connectivity index (χ2v) is 2.88. The van der Waals surface area contributed by atoms with Crippen molar-refractivity contribution in [1.29, 1.82) is 0 Å².